The summed E-state index contributed by atoms with van der Waals surface area (Å²) in [6.07, 6.45) is 1.62. The van der Waals surface area contributed by atoms with Crippen molar-refractivity contribution in [2.24, 2.45) is 5.92 Å². The van der Waals surface area contributed by atoms with Crippen molar-refractivity contribution >= 4 is 11.1 Å². The first-order valence-electron chi connectivity index (χ1n) is 2.35. The SMILES string of the molecule is C=C[C@H](C)CS(=O)[O-].[Na+]. The van der Waals surface area contributed by atoms with E-state index in [0.717, 1.165) is 0 Å². The Morgan fingerprint density at radius 2 is 2.33 bits per heavy atom. The maximum atomic E-state index is 9.92. The molecule has 0 aromatic carbocycles. The van der Waals surface area contributed by atoms with E-state index in [4.69, 9.17) is 0 Å². The van der Waals surface area contributed by atoms with Gasteiger partial charge in [-0.25, -0.2) is 0 Å². The second-order valence-electron chi connectivity index (χ2n) is 1.68. The third-order valence-electron chi connectivity index (χ3n) is 0.801. The van der Waals surface area contributed by atoms with Crippen LogP contribution in [0.25, 0.3) is 0 Å². The van der Waals surface area contributed by atoms with E-state index < -0.39 is 11.1 Å². The zero-order chi connectivity index (χ0) is 6.57. The van der Waals surface area contributed by atoms with Crippen molar-refractivity contribution < 1.29 is 38.3 Å². The number of allylic oxidation sites excluding steroid dienone is 1. The van der Waals surface area contributed by atoms with Gasteiger partial charge in [0.05, 0.1) is 0 Å². The minimum atomic E-state index is -1.92. The van der Waals surface area contributed by atoms with Crippen molar-refractivity contribution in [2.75, 3.05) is 5.75 Å². The maximum Gasteiger partial charge on any atom is 1.00 e. The second kappa shape index (κ2) is 6.96. The van der Waals surface area contributed by atoms with Crippen LogP contribution in [0.3, 0.4) is 0 Å². The summed E-state index contributed by atoms with van der Waals surface area (Å²) in [4.78, 5) is 0. The molecule has 0 saturated heterocycles. The predicted molar refractivity (Wildman–Crippen MR) is 33.1 cm³/mol. The summed E-state index contributed by atoms with van der Waals surface area (Å²) in [7, 11) is 0. The first-order chi connectivity index (χ1) is 3.66. The number of rotatable bonds is 3. The average Bonchev–Trinajstić information content (AvgIpc) is 1.65. The Balaban J connectivity index is 0. The molecule has 0 aliphatic rings. The van der Waals surface area contributed by atoms with Crippen LogP contribution in [0.1, 0.15) is 6.92 Å². The van der Waals surface area contributed by atoms with E-state index in [1.165, 1.54) is 0 Å². The Labute approximate surface area is 80.3 Å². The molecule has 0 N–H and O–H groups in total. The van der Waals surface area contributed by atoms with Crippen LogP contribution in [0.5, 0.6) is 0 Å². The second-order valence-corrected chi connectivity index (χ2v) is 2.62. The topological polar surface area (TPSA) is 40.1 Å². The van der Waals surface area contributed by atoms with Gasteiger partial charge < -0.3 is 4.55 Å². The molecule has 0 saturated carbocycles. The van der Waals surface area contributed by atoms with Crippen LogP contribution in [0, 0.1) is 5.92 Å². The van der Waals surface area contributed by atoms with Gasteiger partial charge in [-0.2, -0.15) is 0 Å². The first kappa shape index (κ1) is 12.5. The largest absolute Gasteiger partial charge is 1.00 e. The molecule has 2 atom stereocenters. The van der Waals surface area contributed by atoms with Gasteiger partial charge in [0.25, 0.3) is 0 Å². The van der Waals surface area contributed by atoms with Crippen LogP contribution < -0.4 is 29.6 Å². The summed E-state index contributed by atoms with van der Waals surface area (Å²) in [5.41, 5.74) is 0. The predicted octanol–water partition coefficient (Wildman–Crippen LogP) is -2.31. The van der Waals surface area contributed by atoms with Gasteiger partial charge in [0, 0.05) is 5.75 Å². The quantitative estimate of drug-likeness (QED) is 0.262. The van der Waals surface area contributed by atoms with Crippen molar-refractivity contribution in [1.29, 1.82) is 0 Å². The van der Waals surface area contributed by atoms with E-state index in [0.29, 0.717) is 0 Å². The molecule has 0 amide bonds. The van der Waals surface area contributed by atoms with E-state index in [2.05, 4.69) is 6.58 Å². The van der Waals surface area contributed by atoms with Gasteiger partial charge in [-0.1, -0.05) is 24.1 Å². The monoisotopic (exact) mass is 156 g/mol. The minimum Gasteiger partial charge on any atom is -0.772 e. The van der Waals surface area contributed by atoms with Crippen LogP contribution in [0.4, 0.5) is 0 Å². The van der Waals surface area contributed by atoms with Crippen molar-refractivity contribution in [1.82, 2.24) is 0 Å². The van der Waals surface area contributed by atoms with Crippen molar-refractivity contribution in [2.45, 2.75) is 6.92 Å². The summed E-state index contributed by atoms with van der Waals surface area (Å²) < 4.78 is 19.8. The molecule has 2 nitrogen and oxygen atoms in total. The summed E-state index contributed by atoms with van der Waals surface area (Å²) >= 11 is -1.92. The van der Waals surface area contributed by atoms with Gasteiger partial charge in [0.1, 0.15) is 0 Å². The van der Waals surface area contributed by atoms with Crippen LogP contribution in [0.15, 0.2) is 12.7 Å². The smallest absolute Gasteiger partial charge is 0.772 e. The van der Waals surface area contributed by atoms with Gasteiger partial charge in [-0.3, -0.25) is 4.21 Å². The Kier molecular flexibility index (Phi) is 9.69. The van der Waals surface area contributed by atoms with Crippen molar-refractivity contribution in [3.63, 3.8) is 0 Å². The summed E-state index contributed by atoms with van der Waals surface area (Å²) in [6.45, 7) is 5.25. The molecule has 0 heterocycles. The molecule has 0 aliphatic heterocycles. The number of hydrogen-bond acceptors (Lipinski definition) is 2. The molecule has 0 rings (SSSR count). The molecule has 4 heteroatoms. The molecule has 9 heavy (non-hydrogen) atoms. The first-order valence-corrected chi connectivity index (χ1v) is 3.59. The van der Waals surface area contributed by atoms with Crippen molar-refractivity contribution in [3.8, 4) is 0 Å². The van der Waals surface area contributed by atoms with E-state index in [1.54, 1.807) is 6.08 Å². The van der Waals surface area contributed by atoms with Gasteiger partial charge in [-0.15, -0.1) is 6.58 Å². The molecular weight excluding hydrogens is 147 g/mol. The summed E-state index contributed by atoms with van der Waals surface area (Å²) in [6, 6.07) is 0. The summed E-state index contributed by atoms with van der Waals surface area (Å²) in [5.74, 6) is 0.261. The average molecular weight is 156 g/mol. The molecule has 0 aliphatic carbocycles. The van der Waals surface area contributed by atoms with Crippen molar-refractivity contribution in [3.05, 3.63) is 12.7 Å². The molecule has 0 aromatic rings. The van der Waals surface area contributed by atoms with E-state index in [1.807, 2.05) is 6.92 Å². The van der Waals surface area contributed by atoms with Gasteiger partial charge >= 0.3 is 29.6 Å². The molecule has 0 fully saturated rings. The third kappa shape index (κ3) is 8.85. The molecule has 0 aromatic heterocycles. The van der Waals surface area contributed by atoms with Crippen LogP contribution in [-0.4, -0.2) is 14.5 Å². The minimum absolute atomic E-state index is 0. The maximum absolute atomic E-state index is 9.92. The fraction of sp³-hybridized carbons (Fsp3) is 0.600. The molecule has 0 spiro atoms. The molecule has 0 radical (unpaired) electrons. The molecule has 0 bridgehead atoms. The Morgan fingerprint density at radius 3 is 2.44 bits per heavy atom. The zero-order valence-corrected chi connectivity index (χ0v) is 8.61. The standard InChI is InChI=1S/C5H10O2S.Na/c1-3-5(2)4-8(6)7;/h3,5H,1,4H2,2H3,(H,6,7);/q;+1/p-1/t5-;/m0./s1. The van der Waals surface area contributed by atoms with Crippen LogP contribution in [-0.2, 0) is 11.1 Å². The Morgan fingerprint density at radius 1 is 1.89 bits per heavy atom. The third-order valence-corrected chi connectivity index (χ3v) is 1.60. The summed E-state index contributed by atoms with van der Waals surface area (Å²) in [5, 5.41) is 0. The normalized spacial score (nSPS) is 15.3. The molecule has 1 unspecified atom stereocenters. The zero-order valence-electron chi connectivity index (χ0n) is 5.79. The van der Waals surface area contributed by atoms with E-state index in [9.17, 15) is 8.76 Å². The fourth-order valence-electron chi connectivity index (χ4n) is 0.283. The Hall–Kier alpha value is 0.850. The van der Waals surface area contributed by atoms with Gasteiger partial charge in [0.15, 0.2) is 0 Å². The van der Waals surface area contributed by atoms with Crippen LogP contribution in [0.2, 0.25) is 0 Å². The van der Waals surface area contributed by atoms with E-state index in [-0.39, 0.29) is 41.2 Å². The van der Waals surface area contributed by atoms with Gasteiger partial charge in [0.2, 0.25) is 0 Å². The van der Waals surface area contributed by atoms with Crippen LogP contribution >= 0.6 is 0 Å². The Bertz CT molecular complexity index is 105. The fourth-order valence-corrected chi connectivity index (χ4v) is 0.848. The number of hydrogen-bond donors (Lipinski definition) is 0. The molecular formula is C5H9NaO2S. The van der Waals surface area contributed by atoms with E-state index >= 15 is 0 Å². The van der Waals surface area contributed by atoms with Gasteiger partial charge in [-0.05, 0) is 5.92 Å². The molecule has 48 valence electrons.